The quantitative estimate of drug-likeness (QED) is 0.379. The Morgan fingerprint density at radius 3 is 2.00 bits per heavy atom. The van der Waals surface area contributed by atoms with Crippen molar-refractivity contribution in [3.63, 3.8) is 0 Å². The number of furan rings is 1. The van der Waals surface area contributed by atoms with E-state index in [-0.39, 0.29) is 0 Å². The van der Waals surface area contributed by atoms with Gasteiger partial charge in [-0.05, 0) is 35.5 Å². The van der Waals surface area contributed by atoms with Crippen molar-refractivity contribution in [2.45, 2.75) is 25.8 Å². The average molecular weight is 399 g/mol. The summed E-state index contributed by atoms with van der Waals surface area (Å²) in [5.74, 6) is 0. The number of benzene rings is 3. The van der Waals surface area contributed by atoms with Gasteiger partial charge < -0.3 is 9.73 Å². The molecule has 1 N–H and O–H groups in total. The van der Waals surface area contributed by atoms with Crippen LogP contribution in [0.5, 0.6) is 0 Å². The Balaban J connectivity index is 1.80. The van der Waals surface area contributed by atoms with Crippen LogP contribution in [-0.2, 0) is 6.18 Å². The van der Waals surface area contributed by atoms with Gasteiger partial charge in [0.15, 0.2) is 5.58 Å². The molecule has 1 heterocycles. The van der Waals surface area contributed by atoms with Crippen LogP contribution in [-0.4, -0.2) is 8.07 Å². The van der Waals surface area contributed by atoms with Gasteiger partial charge in [0.1, 0.15) is 5.58 Å². The normalized spacial score (nSPS) is 12.6. The lowest BCUT2D eigenvalue weighted by Crippen LogP contribution is -2.37. The summed E-state index contributed by atoms with van der Waals surface area (Å²) in [4.78, 5) is 0. The van der Waals surface area contributed by atoms with Gasteiger partial charge in [-0.3, -0.25) is 0 Å². The molecule has 28 heavy (non-hydrogen) atoms. The van der Waals surface area contributed by atoms with Crippen LogP contribution in [0.15, 0.2) is 65.1 Å². The van der Waals surface area contributed by atoms with Gasteiger partial charge >= 0.3 is 6.18 Å². The highest BCUT2D eigenvalue weighted by atomic mass is 28.3. The molecule has 0 aliphatic rings. The van der Waals surface area contributed by atoms with Gasteiger partial charge in [-0.1, -0.05) is 50.0 Å². The van der Waals surface area contributed by atoms with Gasteiger partial charge in [0.25, 0.3) is 0 Å². The molecule has 1 aromatic heterocycles. The molecule has 0 radical (unpaired) electrons. The van der Waals surface area contributed by atoms with Crippen LogP contribution in [0.3, 0.4) is 0 Å². The van der Waals surface area contributed by atoms with Crippen molar-refractivity contribution >= 4 is 46.6 Å². The Kier molecular flexibility index (Phi) is 4.26. The van der Waals surface area contributed by atoms with Gasteiger partial charge in [0.2, 0.25) is 0 Å². The lowest BCUT2D eigenvalue weighted by molar-refractivity contribution is -0.137. The molecule has 6 heteroatoms. The van der Waals surface area contributed by atoms with Crippen LogP contribution in [0.25, 0.3) is 21.9 Å². The first kappa shape index (κ1) is 18.6. The molecular formula is C22H20F3NOSi. The fourth-order valence-electron chi connectivity index (χ4n) is 3.41. The summed E-state index contributed by atoms with van der Waals surface area (Å²) in [7, 11) is -1.60. The van der Waals surface area contributed by atoms with Crippen LogP contribution >= 0.6 is 0 Å². The van der Waals surface area contributed by atoms with E-state index in [9.17, 15) is 13.2 Å². The largest absolute Gasteiger partial charge is 0.454 e. The molecule has 0 unspecified atom stereocenters. The maximum Gasteiger partial charge on any atom is 0.416 e. The number of hydrogen-bond acceptors (Lipinski definition) is 2. The molecule has 0 saturated carbocycles. The van der Waals surface area contributed by atoms with Crippen molar-refractivity contribution in [2.24, 2.45) is 0 Å². The number of anilines is 2. The molecule has 4 rings (SSSR count). The van der Waals surface area contributed by atoms with E-state index in [2.05, 4.69) is 37.1 Å². The summed E-state index contributed by atoms with van der Waals surface area (Å²) in [5.41, 5.74) is 2.25. The van der Waals surface area contributed by atoms with Crippen molar-refractivity contribution in [1.82, 2.24) is 0 Å². The zero-order chi connectivity index (χ0) is 20.1. The maximum atomic E-state index is 12.8. The van der Waals surface area contributed by atoms with E-state index in [1.807, 2.05) is 24.3 Å². The van der Waals surface area contributed by atoms with Gasteiger partial charge in [-0.15, -0.1) is 0 Å². The van der Waals surface area contributed by atoms with Crippen molar-refractivity contribution in [3.8, 4) is 0 Å². The lowest BCUT2D eigenvalue weighted by atomic mass is 10.1. The summed E-state index contributed by atoms with van der Waals surface area (Å²) in [6.45, 7) is 6.82. The van der Waals surface area contributed by atoms with Gasteiger partial charge in [-0.2, -0.15) is 13.2 Å². The van der Waals surface area contributed by atoms with Crippen LogP contribution in [0, 0.1) is 0 Å². The highest BCUT2D eigenvalue weighted by Crippen LogP contribution is 2.35. The smallest absolute Gasteiger partial charge is 0.416 e. The molecule has 0 bridgehead atoms. The number of fused-ring (bicyclic) bond motifs is 3. The molecular weight excluding hydrogens is 379 g/mol. The number of halogens is 3. The molecule has 0 fully saturated rings. The minimum atomic E-state index is -4.34. The summed E-state index contributed by atoms with van der Waals surface area (Å²) >= 11 is 0. The second-order valence-electron chi connectivity index (χ2n) is 7.92. The Morgan fingerprint density at radius 1 is 0.786 bits per heavy atom. The topological polar surface area (TPSA) is 25.2 Å². The van der Waals surface area contributed by atoms with Crippen LogP contribution in [0.2, 0.25) is 19.6 Å². The minimum absolute atomic E-state index is 0.575. The fraction of sp³-hybridized carbons (Fsp3) is 0.182. The van der Waals surface area contributed by atoms with E-state index < -0.39 is 19.8 Å². The third-order valence-corrected chi connectivity index (χ3v) is 6.83. The van der Waals surface area contributed by atoms with E-state index in [0.29, 0.717) is 11.3 Å². The maximum absolute atomic E-state index is 12.8. The van der Waals surface area contributed by atoms with Crippen molar-refractivity contribution < 1.29 is 17.6 Å². The SMILES string of the molecule is C[Si](C)(C)c1cccc2c1oc1c(Nc3ccc(C(F)(F)F)cc3)cccc12. The third kappa shape index (κ3) is 3.28. The summed E-state index contributed by atoms with van der Waals surface area (Å²) in [5, 5.41) is 6.50. The summed E-state index contributed by atoms with van der Waals surface area (Å²) < 4.78 is 44.6. The van der Waals surface area contributed by atoms with E-state index in [0.717, 1.165) is 34.2 Å². The Bertz CT molecular complexity index is 1150. The molecule has 0 spiro atoms. The second kappa shape index (κ2) is 6.41. The van der Waals surface area contributed by atoms with E-state index >= 15 is 0 Å². The standard InChI is InChI=1S/C22H20F3NOSi/c1-28(2,3)19-9-5-7-17-16-6-4-8-18(20(16)27-21(17)19)26-15-12-10-14(11-13-15)22(23,24)25/h4-13,26H,1-3H3. The van der Waals surface area contributed by atoms with Crippen LogP contribution < -0.4 is 10.5 Å². The molecule has 4 aromatic rings. The molecule has 2 nitrogen and oxygen atoms in total. The Morgan fingerprint density at radius 2 is 1.39 bits per heavy atom. The molecule has 144 valence electrons. The van der Waals surface area contributed by atoms with Crippen molar-refractivity contribution in [3.05, 3.63) is 66.2 Å². The number of hydrogen-bond donors (Lipinski definition) is 1. The Hall–Kier alpha value is -2.73. The van der Waals surface area contributed by atoms with E-state index in [1.54, 1.807) is 0 Å². The molecule has 3 aromatic carbocycles. The highest BCUT2D eigenvalue weighted by molar-refractivity contribution is 6.90. The number of alkyl halides is 3. The highest BCUT2D eigenvalue weighted by Gasteiger charge is 2.30. The third-order valence-electron chi connectivity index (χ3n) is 4.82. The predicted octanol–water partition coefficient (Wildman–Crippen LogP) is 6.89. The zero-order valence-corrected chi connectivity index (χ0v) is 16.8. The number of rotatable bonds is 3. The van der Waals surface area contributed by atoms with Gasteiger partial charge in [0, 0.05) is 16.5 Å². The van der Waals surface area contributed by atoms with Crippen LogP contribution in [0.4, 0.5) is 24.5 Å². The van der Waals surface area contributed by atoms with Gasteiger partial charge in [-0.25, -0.2) is 0 Å². The summed E-state index contributed by atoms with van der Waals surface area (Å²) in [6, 6.07) is 17.0. The van der Waals surface area contributed by atoms with E-state index in [4.69, 9.17) is 4.42 Å². The first-order chi connectivity index (χ1) is 13.1. The fourth-order valence-corrected chi connectivity index (χ4v) is 4.87. The van der Waals surface area contributed by atoms with Crippen LogP contribution in [0.1, 0.15) is 5.56 Å². The molecule has 0 amide bonds. The zero-order valence-electron chi connectivity index (χ0n) is 15.8. The Labute approximate surface area is 162 Å². The second-order valence-corrected chi connectivity index (χ2v) is 13.0. The van der Waals surface area contributed by atoms with Gasteiger partial charge in [0.05, 0.1) is 19.3 Å². The number of para-hydroxylation sites is 2. The monoisotopic (exact) mass is 399 g/mol. The molecule has 0 atom stereocenters. The van der Waals surface area contributed by atoms with Crippen molar-refractivity contribution in [1.29, 1.82) is 0 Å². The van der Waals surface area contributed by atoms with E-state index in [1.165, 1.54) is 17.3 Å². The minimum Gasteiger partial charge on any atom is -0.454 e. The lowest BCUT2D eigenvalue weighted by Gasteiger charge is -2.16. The number of nitrogens with one attached hydrogen (secondary N) is 1. The molecule has 0 aliphatic carbocycles. The first-order valence-electron chi connectivity index (χ1n) is 9.03. The average Bonchev–Trinajstić information content (AvgIpc) is 3.00. The predicted molar refractivity (Wildman–Crippen MR) is 111 cm³/mol. The first-order valence-corrected chi connectivity index (χ1v) is 12.5. The molecule has 0 aliphatic heterocycles. The van der Waals surface area contributed by atoms with Crippen molar-refractivity contribution in [2.75, 3.05) is 5.32 Å². The molecule has 0 saturated heterocycles. The summed E-state index contributed by atoms with van der Waals surface area (Å²) in [6.07, 6.45) is -4.34.